The lowest BCUT2D eigenvalue weighted by Gasteiger charge is -2.30. The number of ether oxygens (including phenoxy) is 2. The van der Waals surface area contributed by atoms with Gasteiger partial charge in [0.1, 0.15) is 0 Å². The first-order valence-electron chi connectivity index (χ1n) is 10.3. The Morgan fingerprint density at radius 1 is 1.30 bits per heavy atom. The minimum Gasteiger partial charge on any atom is -0.382 e. The highest BCUT2D eigenvalue weighted by atomic mass is 16.5. The Bertz CT molecular complexity index is 490. The number of nitrogens with one attached hydrogen (secondary N) is 1. The molecular formula is C20H38N4O3. The molecule has 1 saturated carbocycles. The van der Waals surface area contributed by atoms with E-state index in [2.05, 4.69) is 17.1 Å². The minimum atomic E-state index is -0.313. The van der Waals surface area contributed by atoms with Crippen LogP contribution in [0.4, 0.5) is 0 Å². The van der Waals surface area contributed by atoms with Crippen LogP contribution in [-0.4, -0.2) is 88.9 Å². The van der Waals surface area contributed by atoms with Crippen LogP contribution in [0.15, 0.2) is 4.99 Å². The van der Waals surface area contributed by atoms with Crippen LogP contribution in [0.25, 0.3) is 0 Å². The molecule has 0 aromatic rings. The van der Waals surface area contributed by atoms with Gasteiger partial charge in [0.05, 0.1) is 31.8 Å². The number of amides is 1. The molecule has 0 radical (unpaired) electrons. The Kier molecular flexibility index (Phi) is 8.83. The zero-order valence-electron chi connectivity index (χ0n) is 17.6. The lowest BCUT2D eigenvalue weighted by atomic mass is 9.85. The molecule has 0 bridgehead atoms. The third kappa shape index (κ3) is 6.07. The molecule has 2 aliphatic rings. The number of guanidine groups is 1. The third-order valence-electron chi connectivity index (χ3n) is 5.66. The van der Waals surface area contributed by atoms with Gasteiger partial charge >= 0.3 is 0 Å². The molecule has 27 heavy (non-hydrogen) atoms. The molecule has 2 fully saturated rings. The molecule has 1 unspecified atom stereocenters. The third-order valence-corrected chi connectivity index (χ3v) is 5.66. The first kappa shape index (κ1) is 22.0. The van der Waals surface area contributed by atoms with E-state index in [-0.39, 0.29) is 11.3 Å². The first-order valence-corrected chi connectivity index (χ1v) is 10.3. The predicted molar refractivity (Wildman–Crippen MR) is 108 cm³/mol. The standard InChI is InChI=1S/C20H38N4O3/c1-5-21-19(24-11-8-17(14-24)15-27-13-12-26-4)22-16-20(9-6-7-10-20)18(25)23(2)3/h17H,5-16H2,1-4H3,(H,21,22). The monoisotopic (exact) mass is 382 g/mol. The van der Waals surface area contributed by atoms with Gasteiger partial charge in [-0.1, -0.05) is 12.8 Å². The van der Waals surface area contributed by atoms with Crippen LogP contribution in [0, 0.1) is 11.3 Å². The van der Waals surface area contributed by atoms with Gasteiger partial charge in [0, 0.05) is 46.8 Å². The molecule has 7 heteroatoms. The summed E-state index contributed by atoms with van der Waals surface area (Å²) in [4.78, 5) is 21.7. The fourth-order valence-electron chi connectivity index (χ4n) is 4.17. The predicted octanol–water partition coefficient (Wildman–Crippen LogP) is 1.59. The van der Waals surface area contributed by atoms with Gasteiger partial charge in [0.2, 0.25) is 5.91 Å². The summed E-state index contributed by atoms with van der Waals surface area (Å²) >= 11 is 0. The second kappa shape index (κ2) is 10.9. The molecule has 1 saturated heterocycles. The average Bonchev–Trinajstić information content (AvgIpc) is 3.32. The summed E-state index contributed by atoms with van der Waals surface area (Å²) in [5.41, 5.74) is -0.313. The second-order valence-electron chi connectivity index (χ2n) is 8.03. The summed E-state index contributed by atoms with van der Waals surface area (Å²) in [5, 5.41) is 3.42. The molecule has 0 spiro atoms. The van der Waals surface area contributed by atoms with Crippen LogP contribution >= 0.6 is 0 Å². The quantitative estimate of drug-likeness (QED) is 0.373. The smallest absolute Gasteiger partial charge is 0.230 e. The maximum absolute atomic E-state index is 12.8. The maximum atomic E-state index is 12.8. The van der Waals surface area contributed by atoms with Crippen molar-refractivity contribution < 1.29 is 14.3 Å². The van der Waals surface area contributed by atoms with Crippen LogP contribution in [0.2, 0.25) is 0 Å². The zero-order chi connectivity index (χ0) is 19.7. The summed E-state index contributed by atoms with van der Waals surface area (Å²) in [6, 6.07) is 0. The summed E-state index contributed by atoms with van der Waals surface area (Å²) in [5.74, 6) is 1.69. The Labute approximate surface area is 164 Å². The lowest BCUT2D eigenvalue weighted by Crippen LogP contribution is -2.44. The van der Waals surface area contributed by atoms with E-state index < -0.39 is 0 Å². The van der Waals surface area contributed by atoms with Crippen LogP contribution < -0.4 is 5.32 Å². The molecule has 0 aromatic carbocycles. The molecule has 1 amide bonds. The van der Waals surface area contributed by atoms with Gasteiger partial charge in [-0.3, -0.25) is 9.79 Å². The molecule has 1 atom stereocenters. The van der Waals surface area contributed by atoms with Crippen LogP contribution in [0.3, 0.4) is 0 Å². The van der Waals surface area contributed by atoms with E-state index >= 15 is 0 Å². The van der Waals surface area contributed by atoms with Crippen molar-refractivity contribution in [3.8, 4) is 0 Å². The van der Waals surface area contributed by atoms with Crippen molar-refractivity contribution in [1.29, 1.82) is 0 Å². The molecule has 1 aliphatic heterocycles. The van der Waals surface area contributed by atoms with E-state index in [9.17, 15) is 4.79 Å². The summed E-state index contributed by atoms with van der Waals surface area (Å²) < 4.78 is 10.7. The minimum absolute atomic E-state index is 0.227. The highest BCUT2D eigenvalue weighted by Gasteiger charge is 2.42. The van der Waals surface area contributed by atoms with E-state index in [1.54, 1.807) is 12.0 Å². The molecule has 1 aliphatic carbocycles. The fraction of sp³-hybridized carbons (Fsp3) is 0.900. The largest absolute Gasteiger partial charge is 0.382 e. The van der Waals surface area contributed by atoms with Crippen molar-refractivity contribution in [2.45, 2.75) is 39.0 Å². The van der Waals surface area contributed by atoms with Crippen LogP contribution in [-0.2, 0) is 14.3 Å². The number of aliphatic imine (C=N–C) groups is 1. The number of likely N-dealkylation sites (tertiary alicyclic amines) is 1. The first-order chi connectivity index (χ1) is 13.0. The lowest BCUT2D eigenvalue weighted by molar-refractivity contribution is -0.138. The van der Waals surface area contributed by atoms with Gasteiger partial charge in [0.15, 0.2) is 5.96 Å². The van der Waals surface area contributed by atoms with Gasteiger partial charge in [-0.05, 0) is 26.2 Å². The van der Waals surface area contributed by atoms with Crippen LogP contribution in [0.5, 0.6) is 0 Å². The fourth-order valence-corrected chi connectivity index (χ4v) is 4.17. The molecule has 1 N–H and O–H groups in total. The molecular weight excluding hydrogens is 344 g/mol. The summed E-state index contributed by atoms with van der Waals surface area (Å²) in [6.07, 6.45) is 5.25. The van der Waals surface area contributed by atoms with Crippen molar-refractivity contribution in [3.63, 3.8) is 0 Å². The molecule has 1 heterocycles. The Hall–Kier alpha value is -1.34. The SMILES string of the molecule is CCNC(=NCC1(C(=O)N(C)C)CCCC1)N1CCC(COCCOC)C1. The number of carbonyl (C=O) groups excluding carboxylic acids is 1. The van der Waals surface area contributed by atoms with Crippen molar-refractivity contribution in [3.05, 3.63) is 0 Å². The zero-order valence-corrected chi connectivity index (χ0v) is 17.6. The van der Waals surface area contributed by atoms with E-state index in [0.717, 1.165) is 64.3 Å². The number of carbonyl (C=O) groups is 1. The normalized spacial score (nSPS) is 22.3. The maximum Gasteiger partial charge on any atom is 0.230 e. The topological polar surface area (TPSA) is 66.4 Å². The number of rotatable bonds is 9. The Balaban J connectivity index is 1.96. The van der Waals surface area contributed by atoms with Gasteiger partial charge in [-0.25, -0.2) is 0 Å². The van der Waals surface area contributed by atoms with Gasteiger partial charge in [-0.15, -0.1) is 0 Å². The van der Waals surface area contributed by atoms with Gasteiger partial charge in [-0.2, -0.15) is 0 Å². The van der Waals surface area contributed by atoms with Crippen molar-refractivity contribution in [1.82, 2.24) is 15.1 Å². The van der Waals surface area contributed by atoms with Crippen molar-refractivity contribution in [2.24, 2.45) is 16.3 Å². The Morgan fingerprint density at radius 2 is 2.04 bits per heavy atom. The summed E-state index contributed by atoms with van der Waals surface area (Å²) in [7, 11) is 5.40. The molecule has 7 nitrogen and oxygen atoms in total. The molecule has 156 valence electrons. The van der Waals surface area contributed by atoms with Crippen LogP contribution in [0.1, 0.15) is 39.0 Å². The Morgan fingerprint density at radius 3 is 2.67 bits per heavy atom. The number of nitrogens with zero attached hydrogens (tertiary/aromatic N) is 3. The highest BCUT2D eigenvalue weighted by Crippen LogP contribution is 2.39. The highest BCUT2D eigenvalue weighted by molar-refractivity contribution is 5.84. The van der Waals surface area contributed by atoms with E-state index in [0.29, 0.717) is 25.7 Å². The average molecular weight is 383 g/mol. The number of hydrogen-bond acceptors (Lipinski definition) is 4. The van der Waals surface area contributed by atoms with Gasteiger partial charge < -0.3 is 24.6 Å². The summed E-state index contributed by atoms with van der Waals surface area (Å²) in [6.45, 7) is 7.50. The molecule has 2 rings (SSSR count). The van der Waals surface area contributed by atoms with Gasteiger partial charge in [0.25, 0.3) is 0 Å². The van der Waals surface area contributed by atoms with Crippen molar-refractivity contribution in [2.75, 3.05) is 67.2 Å². The van der Waals surface area contributed by atoms with E-state index in [1.807, 2.05) is 14.1 Å². The number of methoxy groups -OCH3 is 1. The number of hydrogen-bond donors (Lipinski definition) is 1. The van der Waals surface area contributed by atoms with Crippen molar-refractivity contribution >= 4 is 11.9 Å². The van der Waals surface area contributed by atoms with E-state index in [4.69, 9.17) is 14.5 Å². The molecule has 0 aromatic heterocycles. The van der Waals surface area contributed by atoms with E-state index in [1.165, 1.54) is 0 Å². The second-order valence-corrected chi connectivity index (χ2v) is 8.03.